The van der Waals surface area contributed by atoms with E-state index in [2.05, 4.69) is 15.5 Å². The zero-order valence-corrected chi connectivity index (χ0v) is 15.6. The van der Waals surface area contributed by atoms with Gasteiger partial charge >= 0.3 is 0 Å². The summed E-state index contributed by atoms with van der Waals surface area (Å²) in [5, 5.41) is 21.8. The Morgan fingerprint density at radius 2 is 1.44 bits per heavy atom. The normalized spacial score (nSPS) is 10.6. The molecule has 0 bridgehead atoms. The van der Waals surface area contributed by atoms with Crippen LogP contribution in [-0.4, -0.2) is 31.9 Å². The summed E-state index contributed by atoms with van der Waals surface area (Å²) in [6, 6.07) is 11.7. The highest BCUT2D eigenvalue weighted by Crippen LogP contribution is 2.32. The van der Waals surface area contributed by atoms with Crippen LogP contribution in [-0.2, 0) is 0 Å². The van der Waals surface area contributed by atoms with E-state index < -0.39 is 0 Å². The number of aliphatic hydroxyl groups is 1. The van der Waals surface area contributed by atoms with Gasteiger partial charge in [-0.15, -0.1) is 17.5 Å². The zero-order chi connectivity index (χ0) is 18.7. The number of rotatable bonds is 5. The fourth-order valence-corrected chi connectivity index (χ4v) is 2.75. The number of aromatic nitrogens is 4. The smallest absolute Gasteiger partial charge is 0.181 e. The molecule has 1 heterocycles. The molecular weight excluding hydrogens is 374 g/mol. The zero-order valence-electron chi connectivity index (χ0n) is 14.8. The van der Waals surface area contributed by atoms with Crippen molar-refractivity contribution >= 4 is 23.6 Å². The first-order valence-electron chi connectivity index (χ1n) is 8.15. The van der Waals surface area contributed by atoms with E-state index in [0.717, 1.165) is 0 Å². The van der Waals surface area contributed by atoms with Gasteiger partial charge in [0.25, 0.3) is 0 Å². The highest BCUT2D eigenvalue weighted by Gasteiger charge is 2.20. The van der Waals surface area contributed by atoms with Gasteiger partial charge in [-0.2, -0.15) is 0 Å². The molecule has 3 aromatic rings. The second-order valence-corrected chi connectivity index (χ2v) is 6.07. The van der Waals surface area contributed by atoms with Crippen LogP contribution in [0.3, 0.4) is 0 Å². The fraction of sp³-hybridized carbons (Fsp3) is 0.211. The maximum absolute atomic E-state index is 13.4. The van der Waals surface area contributed by atoms with Gasteiger partial charge in [-0.25, -0.2) is 13.5 Å². The average Bonchev–Trinajstić information content (AvgIpc) is 3.11. The van der Waals surface area contributed by atoms with E-state index in [-0.39, 0.29) is 36.7 Å². The predicted molar refractivity (Wildman–Crippen MR) is 101 cm³/mol. The van der Waals surface area contributed by atoms with Crippen LogP contribution in [0, 0.1) is 11.6 Å². The SMILES string of the molecule is CC(C)n1nnnc1C(CO)=C(c1ccc(F)cc1)c1ccc(F)cc1.Cl. The van der Waals surface area contributed by atoms with Crippen molar-refractivity contribution in [3.8, 4) is 0 Å². The quantitative estimate of drug-likeness (QED) is 0.715. The second-order valence-electron chi connectivity index (χ2n) is 6.07. The summed E-state index contributed by atoms with van der Waals surface area (Å²) in [7, 11) is 0. The molecule has 0 fully saturated rings. The molecule has 0 spiro atoms. The third-order valence-electron chi connectivity index (χ3n) is 3.98. The topological polar surface area (TPSA) is 63.8 Å². The largest absolute Gasteiger partial charge is 0.392 e. The number of halogens is 3. The van der Waals surface area contributed by atoms with Crippen molar-refractivity contribution in [2.24, 2.45) is 0 Å². The Bertz CT molecular complexity index is 874. The minimum absolute atomic E-state index is 0. The molecule has 5 nitrogen and oxygen atoms in total. The summed E-state index contributed by atoms with van der Waals surface area (Å²) in [5.74, 6) is -0.333. The van der Waals surface area contributed by atoms with Crippen LogP contribution in [0.15, 0.2) is 48.5 Å². The summed E-state index contributed by atoms with van der Waals surface area (Å²) >= 11 is 0. The van der Waals surface area contributed by atoms with Crippen LogP contribution in [0.2, 0.25) is 0 Å². The highest BCUT2D eigenvalue weighted by molar-refractivity contribution is 5.97. The highest BCUT2D eigenvalue weighted by atomic mass is 35.5. The number of tetrazole rings is 1. The van der Waals surface area contributed by atoms with E-state index in [1.54, 1.807) is 28.9 Å². The first-order valence-corrected chi connectivity index (χ1v) is 8.15. The van der Waals surface area contributed by atoms with Gasteiger partial charge < -0.3 is 5.11 Å². The van der Waals surface area contributed by atoms with Crippen molar-refractivity contribution < 1.29 is 13.9 Å². The monoisotopic (exact) mass is 392 g/mol. The molecule has 8 heteroatoms. The average molecular weight is 393 g/mol. The molecule has 1 aromatic heterocycles. The Kier molecular flexibility index (Phi) is 6.76. The Balaban J connectivity index is 0.00000261. The molecule has 3 rings (SSSR count). The van der Waals surface area contributed by atoms with Crippen LogP contribution < -0.4 is 0 Å². The van der Waals surface area contributed by atoms with Crippen molar-refractivity contribution in [3.63, 3.8) is 0 Å². The van der Waals surface area contributed by atoms with E-state index in [9.17, 15) is 13.9 Å². The minimum atomic E-state index is -0.371. The molecule has 0 radical (unpaired) electrons. The lowest BCUT2D eigenvalue weighted by Crippen LogP contribution is -2.11. The molecule has 0 atom stereocenters. The van der Waals surface area contributed by atoms with Crippen LogP contribution in [0.1, 0.15) is 36.8 Å². The van der Waals surface area contributed by atoms with Crippen molar-refractivity contribution in [1.82, 2.24) is 20.2 Å². The predicted octanol–water partition coefficient (Wildman–Crippen LogP) is 3.91. The standard InChI is InChI=1S/C19H18F2N4O.ClH/c1-12(2)25-19(22-23-24-25)17(11-26)18(13-3-7-15(20)8-4-13)14-5-9-16(21)10-6-14;/h3-10,12,26H,11H2,1-2H3;1H. The number of hydrogen-bond donors (Lipinski definition) is 1. The second kappa shape index (κ2) is 8.83. The molecule has 27 heavy (non-hydrogen) atoms. The van der Waals surface area contributed by atoms with Gasteiger partial charge in [-0.05, 0) is 65.2 Å². The van der Waals surface area contributed by atoms with Gasteiger partial charge in [-0.1, -0.05) is 24.3 Å². The van der Waals surface area contributed by atoms with Crippen LogP contribution >= 0.6 is 12.4 Å². The molecule has 0 amide bonds. The number of aliphatic hydroxyl groups excluding tert-OH is 1. The van der Waals surface area contributed by atoms with E-state index >= 15 is 0 Å². The molecule has 0 aliphatic rings. The minimum Gasteiger partial charge on any atom is -0.392 e. The fourth-order valence-electron chi connectivity index (χ4n) is 2.75. The van der Waals surface area contributed by atoms with E-state index in [4.69, 9.17) is 0 Å². The molecule has 1 N–H and O–H groups in total. The van der Waals surface area contributed by atoms with E-state index in [1.165, 1.54) is 24.3 Å². The number of hydrogen-bond acceptors (Lipinski definition) is 4. The summed E-state index contributed by atoms with van der Waals surface area (Å²) in [5.41, 5.74) is 2.42. The van der Waals surface area contributed by atoms with Gasteiger partial charge in [0.15, 0.2) is 5.82 Å². The van der Waals surface area contributed by atoms with Crippen LogP contribution in [0.5, 0.6) is 0 Å². The van der Waals surface area contributed by atoms with Crippen molar-refractivity contribution in [2.45, 2.75) is 19.9 Å². The number of nitrogens with zero attached hydrogens (tertiary/aromatic N) is 4. The van der Waals surface area contributed by atoms with E-state index in [1.807, 2.05) is 13.8 Å². The van der Waals surface area contributed by atoms with E-state index in [0.29, 0.717) is 28.1 Å². The molecule has 0 saturated heterocycles. The maximum atomic E-state index is 13.4. The van der Waals surface area contributed by atoms with Gasteiger partial charge in [0.05, 0.1) is 12.6 Å². The van der Waals surface area contributed by atoms with Crippen LogP contribution in [0.4, 0.5) is 8.78 Å². The Morgan fingerprint density at radius 1 is 0.963 bits per heavy atom. The van der Waals surface area contributed by atoms with Gasteiger partial charge in [-0.3, -0.25) is 0 Å². The Labute approximate surface area is 161 Å². The summed E-state index contributed by atoms with van der Waals surface area (Å²) < 4.78 is 28.4. The molecule has 2 aromatic carbocycles. The molecule has 0 aliphatic carbocycles. The van der Waals surface area contributed by atoms with Gasteiger partial charge in [0.1, 0.15) is 11.6 Å². The van der Waals surface area contributed by atoms with Crippen molar-refractivity contribution in [1.29, 1.82) is 0 Å². The first-order chi connectivity index (χ1) is 12.5. The summed E-state index contributed by atoms with van der Waals surface area (Å²) in [6.07, 6.45) is 0. The summed E-state index contributed by atoms with van der Waals surface area (Å²) in [6.45, 7) is 3.51. The molecule has 0 unspecified atom stereocenters. The number of benzene rings is 2. The lowest BCUT2D eigenvalue weighted by Gasteiger charge is -2.16. The maximum Gasteiger partial charge on any atom is 0.181 e. The van der Waals surface area contributed by atoms with Gasteiger partial charge in [0, 0.05) is 5.57 Å². The lowest BCUT2D eigenvalue weighted by atomic mass is 9.92. The third-order valence-corrected chi connectivity index (χ3v) is 3.98. The molecular formula is C19H19ClF2N4O. The Hall–Kier alpha value is -2.64. The molecule has 142 valence electrons. The third kappa shape index (κ3) is 4.37. The lowest BCUT2D eigenvalue weighted by molar-refractivity contribution is 0.348. The molecule has 0 aliphatic heterocycles. The van der Waals surface area contributed by atoms with Gasteiger partial charge in [0.2, 0.25) is 0 Å². The molecule has 0 saturated carbocycles. The van der Waals surface area contributed by atoms with Crippen molar-refractivity contribution in [3.05, 3.63) is 77.1 Å². The Morgan fingerprint density at radius 3 is 1.85 bits per heavy atom. The van der Waals surface area contributed by atoms with Crippen molar-refractivity contribution in [2.75, 3.05) is 6.61 Å². The first kappa shape index (κ1) is 20.7. The summed E-state index contributed by atoms with van der Waals surface area (Å²) in [4.78, 5) is 0. The van der Waals surface area contributed by atoms with Crippen LogP contribution in [0.25, 0.3) is 11.1 Å².